The molecule has 2 nitrogen and oxygen atoms in total. The topological polar surface area (TPSA) is 37.3 Å². The Morgan fingerprint density at radius 2 is 1.70 bits per heavy atom. The Balaban J connectivity index is 1.70. The summed E-state index contributed by atoms with van der Waals surface area (Å²) < 4.78 is 0. The van der Waals surface area contributed by atoms with Gasteiger partial charge in [0.15, 0.2) is 0 Å². The van der Waals surface area contributed by atoms with E-state index < -0.39 is 5.97 Å². The quantitative estimate of drug-likeness (QED) is 0.814. The standard InChI is InChI=1S/C18H28O2/c1-17-4-3-11-6-18(2)7-12(5-16(19)20)14(9-17)15(10-18)13(11)8-17/h11-15H,3-10H2,1-2H3,(H,19,20). The van der Waals surface area contributed by atoms with Crippen LogP contribution < -0.4 is 0 Å². The third-order valence-corrected chi connectivity index (χ3v) is 7.56. The van der Waals surface area contributed by atoms with Crippen LogP contribution in [-0.2, 0) is 4.79 Å². The second-order valence-electron chi connectivity index (χ2n) is 9.29. The minimum absolute atomic E-state index is 0.421. The van der Waals surface area contributed by atoms with E-state index in [0.717, 1.165) is 17.8 Å². The van der Waals surface area contributed by atoms with E-state index in [9.17, 15) is 9.90 Å². The monoisotopic (exact) mass is 276 g/mol. The summed E-state index contributed by atoms with van der Waals surface area (Å²) in [5, 5.41) is 9.31. The van der Waals surface area contributed by atoms with Gasteiger partial charge in [0, 0.05) is 6.42 Å². The maximum absolute atomic E-state index is 11.3. The summed E-state index contributed by atoms with van der Waals surface area (Å²) in [5.74, 6) is 3.34. The number of rotatable bonds is 2. The summed E-state index contributed by atoms with van der Waals surface area (Å²) in [6.07, 6.45) is 9.97. The zero-order valence-corrected chi connectivity index (χ0v) is 12.9. The van der Waals surface area contributed by atoms with Gasteiger partial charge in [-0.1, -0.05) is 13.8 Å². The molecule has 4 aliphatic rings. The maximum atomic E-state index is 11.3. The Hall–Kier alpha value is -0.530. The van der Waals surface area contributed by atoms with Crippen molar-refractivity contribution in [2.24, 2.45) is 40.4 Å². The minimum atomic E-state index is -0.573. The molecule has 4 aliphatic carbocycles. The number of hydrogen-bond donors (Lipinski definition) is 1. The van der Waals surface area contributed by atoms with Crippen LogP contribution in [0.15, 0.2) is 0 Å². The highest BCUT2D eigenvalue weighted by molar-refractivity contribution is 5.67. The normalized spacial score (nSPS) is 56.6. The molecule has 4 fully saturated rings. The molecule has 0 aliphatic heterocycles. The van der Waals surface area contributed by atoms with Crippen molar-refractivity contribution < 1.29 is 9.90 Å². The van der Waals surface area contributed by atoms with Crippen LogP contribution in [0.25, 0.3) is 0 Å². The van der Waals surface area contributed by atoms with Crippen molar-refractivity contribution in [3.05, 3.63) is 0 Å². The molecular formula is C18H28O2. The maximum Gasteiger partial charge on any atom is 0.303 e. The Morgan fingerprint density at radius 3 is 2.45 bits per heavy atom. The van der Waals surface area contributed by atoms with Crippen LogP contribution in [0.2, 0.25) is 0 Å². The van der Waals surface area contributed by atoms with Crippen LogP contribution in [-0.4, -0.2) is 11.1 Å². The molecular weight excluding hydrogens is 248 g/mol. The summed E-state index contributed by atoms with van der Waals surface area (Å²) in [7, 11) is 0. The Labute approximate surface area is 122 Å². The van der Waals surface area contributed by atoms with Crippen LogP contribution in [0, 0.1) is 40.4 Å². The molecule has 0 aromatic rings. The summed E-state index contributed by atoms with van der Waals surface area (Å²) in [5.41, 5.74) is 0.984. The lowest BCUT2D eigenvalue weighted by atomic mass is 9.40. The van der Waals surface area contributed by atoms with Crippen molar-refractivity contribution in [2.45, 2.75) is 65.2 Å². The average molecular weight is 276 g/mol. The van der Waals surface area contributed by atoms with E-state index in [-0.39, 0.29) is 0 Å². The predicted molar refractivity (Wildman–Crippen MR) is 78.2 cm³/mol. The van der Waals surface area contributed by atoms with E-state index in [1.165, 1.54) is 44.9 Å². The SMILES string of the molecule is CC12CCC3CC4(C)CC(CC(=O)O)C(C1)C(C4)C3C2. The van der Waals surface area contributed by atoms with Crippen molar-refractivity contribution in [2.75, 3.05) is 0 Å². The number of carbonyl (C=O) groups is 1. The molecule has 7 atom stereocenters. The van der Waals surface area contributed by atoms with Crippen LogP contribution in [0.4, 0.5) is 0 Å². The van der Waals surface area contributed by atoms with E-state index in [1.54, 1.807) is 0 Å². The number of aliphatic carboxylic acids is 1. The van der Waals surface area contributed by atoms with Gasteiger partial charge >= 0.3 is 5.97 Å². The third-order valence-electron chi connectivity index (χ3n) is 7.56. The lowest BCUT2D eigenvalue weighted by Crippen LogP contribution is -2.56. The average Bonchev–Trinajstić information content (AvgIpc) is 2.34. The smallest absolute Gasteiger partial charge is 0.303 e. The molecule has 0 aromatic heterocycles. The fourth-order valence-electron chi connectivity index (χ4n) is 7.07. The first-order valence-corrected chi connectivity index (χ1v) is 8.59. The zero-order valence-electron chi connectivity index (χ0n) is 12.9. The number of carboxylic acid groups (broad SMARTS) is 1. The van der Waals surface area contributed by atoms with Gasteiger partial charge in [-0.05, 0) is 85.4 Å². The number of carboxylic acids is 1. The summed E-state index contributed by atoms with van der Waals surface area (Å²) in [6, 6.07) is 0. The molecule has 0 heterocycles. The first kappa shape index (κ1) is 13.2. The lowest BCUT2D eigenvalue weighted by molar-refractivity contribution is -0.159. The van der Waals surface area contributed by atoms with Crippen LogP contribution in [0.1, 0.15) is 65.2 Å². The van der Waals surface area contributed by atoms with E-state index in [1.807, 2.05) is 0 Å². The van der Waals surface area contributed by atoms with Gasteiger partial charge in [-0.15, -0.1) is 0 Å². The van der Waals surface area contributed by atoms with Crippen LogP contribution in [0.3, 0.4) is 0 Å². The van der Waals surface area contributed by atoms with E-state index >= 15 is 0 Å². The molecule has 7 unspecified atom stereocenters. The van der Waals surface area contributed by atoms with Crippen LogP contribution in [0.5, 0.6) is 0 Å². The van der Waals surface area contributed by atoms with Crippen molar-refractivity contribution in [3.63, 3.8) is 0 Å². The summed E-state index contributed by atoms with van der Waals surface area (Å²) in [4.78, 5) is 11.3. The molecule has 0 spiro atoms. The highest BCUT2D eigenvalue weighted by Gasteiger charge is 2.59. The van der Waals surface area contributed by atoms with Gasteiger partial charge in [0.25, 0.3) is 0 Å². The Morgan fingerprint density at radius 1 is 1.00 bits per heavy atom. The van der Waals surface area contributed by atoms with Gasteiger partial charge in [0.05, 0.1) is 0 Å². The first-order valence-electron chi connectivity index (χ1n) is 8.59. The molecule has 0 aromatic carbocycles. The molecule has 4 saturated carbocycles. The third kappa shape index (κ3) is 1.86. The second kappa shape index (κ2) is 4.01. The molecule has 1 N–H and O–H groups in total. The Bertz CT molecular complexity index is 441. The molecule has 20 heavy (non-hydrogen) atoms. The minimum Gasteiger partial charge on any atom is -0.481 e. The molecule has 2 heteroatoms. The summed E-state index contributed by atoms with van der Waals surface area (Å²) in [6.45, 7) is 4.94. The highest BCUT2D eigenvalue weighted by atomic mass is 16.4. The van der Waals surface area contributed by atoms with Crippen molar-refractivity contribution in [1.29, 1.82) is 0 Å². The lowest BCUT2D eigenvalue weighted by Gasteiger charge is -2.65. The molecule has 0 radical (unpaired) electrons. The molecule has 0 saturated heterocycles. The first-order chi connectivity index (χ1) is 9.38. The molecule has 4 bridgehead atoms. The van der Waals surface area contributed by atoms with Crippen LogP contribution >= 0.6 is 0 Å². The van der Waals surface area contributed by atoms with Gasteiger partial charge in [-0.3, -0.25) is 4.79 Å². The van der Waals surface area contributed by atoms with E-state index in [0.29, 0.717) is 29.1 Å². The van der Waals surface area contributed by atoms with E-state index in [4.69, 9.17) is 0 Å². The Kier molecular flexibility index (Phi) is 2.64. The predicted octanol–water partition coefficient (Wildman–Crippen LogP) is 4.34. The van der Waals surface area contributed by atoms with Gasteiger partial charge in [-0.2, -0.15) is 0 Å². The molecule has 4 rings (SSSR count). The molecule has 0 amide bonds. The fraction of sp³-hybridized carbons (Fsp3) is 0.944. The summed E-state index contributed by atoms with van der Waals surface area (Å²) >= 11 is 0. The molecule has 112 valence electrons. The highest BCUT2D eigenvalue weighted by Crippen LogP contribution is 2.68. The van der Waals surface area contributed by atoms with Crippen molar-refractivity contribution in [3.8, 4) is 0 Å². The van der Waals surface area contributed by atoms with E-state index in [2.05, 4.69) is 13.8 Å². The van der Waals surface area contributed by atoms with Gasteiger partial charge < -0.3 is 5.11 Å². The fourth-order valence-corrected chi connectivity index (χ4v) is 7.07. The van der Waals surface area contributed by atoms with Crippen molar-refractivity contribution >= 4 is 5.97 Å². The number of fused-ring (bicyclic) bond motifs is 2. The van der Waals surface area contributed by atoms with Gasteiger partial charge in [0.2, 0.25) is 0 Å². The van der Waals surface area contributed by atoms with Gasteiger partial charge in [0.1, 0.15) is 0 Å². The second-order valence-corrected chi connectivity index (χ2v) is 9.29. The largest absolute Gasteiger partial charge is 0.481 e. The van der Waals surface area contributed by atoms with Gasteiger partial charge in [-0.25, -0.2) is 0 Å². The number of hydrogen-bond acceptors (Lipinski definition) is 1. The van der Waals surface area contributed by atoms with Crippen molar-refractivity contribution in [1.82, 2.24) is 0 Å². The zero-order chi connectivity index (χ0) is 14.1.